The van der Waals surface area contributed by atoms with Crippen molar-refractivity contribution in [2.75, 3.05) is 5.43 Å². The van der Waals surface area contributed by atoms with E-state index in [1.54, 1.807) is 42.5 Å². The monoisotopic (exact) mass is 507 g/mol. The smallest absolute Gasteiger partial charge is 0.258 e. The number of anilines is 1. The molecule has 0 atom stereocenters. The fourth-order valence-corrected chi connectivity index (χ4v) is 3.49. The van der Waals surface area contributed by atoms with E-state index in [9.17, 15) is 20.2 Å². The van der Waals surface area contributed by atoms with Crippen molar-refractivity contribution in [3.8, 4) is 17.1 Å². The Morgan fingerprint density at radius 3 is 2.29 bits per heavy atom. The molecule has 4 rings (SSSR count). The molecule has 0 fully saturated rings. The molecule has 0 bridgehead atoms. The van der Waals surface area contributed by atoms with Crippen LogP contribution in [0.4, 0.5) is 17.3 Å². The quantitative estimate of drug-likeness (QED) is 0.148. The number of hydrogen-bond donors (Lipinski definition) is 1. The lowest BCUT2D eigenvalue weighted by Gasteiger charge is -2.13. The van der Waals surface area contributed by atoms with Crippen LogP contribution in [0.15, 0.2) is 77.9 Å². The number of nitrogens with zero attached hydrogens (tertiary/aromatic N) is 6. The third-order valence-corrected chi connectivity index (χ3v) is 5.27. The zero-order chi connectivity index (χ0) is 24.9. The van der Waals surface area contributed by atoms with Gasteiger partial charge in [-0.15, -0.1) is 0 Å². The van der Waals surface area contributed by atoms with Crippen molar-refractivity contribution in [3.63, 3.8) is 0 Å². The summed E-state index contributed by atoms with van der Waals surface area (Å²) in [5.41, 5.74) is 3.96. The number of benzene rings is 3. The van der Waals surface area contributed by atoms with Crippen molar-refractivity contribution < 1.29 is 9.85 Å². The van der Waals surface area contributed by atoms with Gasteiger partial charge >= 0.3 is 0 Å². The van der Waals surface area contributed by atoms with Crippen LogP contribution in [0.2, 0.25) is 5.02 Å². The first-order valence-electron chi connectivity index (χ1n) is 9.88. The van der Waals surface area contributed by atoms with Gasteiger partial charge < -0.3 is 0 Å². The van der Waals surface area contributed by atoms with E-state index in [1.165, 1.54) is 41.1 Å². The van der Waals surface area contributed by atoms with E-state index in [2.05, 4.69) is 20.5 Å². The minimum absolute atomic E-state index is 0.0769. The molecule has 0 spiro atoms. The number of rotatable bonds is 7. The second kappa shape index (κ2) is 10.2. The van der Waals surface area contributed by atoms with Gasteiger partial charge in [-0.05, 0) is 54.7 Å². The number of nitro benzene ring substituents is 2. The molecule has 11 nitrogen and oxygen atoms in total. The van der Waals surface area contributed by atoms with Crippen LogP contribution in [-0.4, -0.2) is 30.6 Å². The van der Waals surface area contributed by atoms with Crippen molar-refractivity contribution in [3.05, 3.63) is 108 Å². The summed E-state index contributed by atoms with van der Waals surface area (Å²) in [6, 6.07) is 18.6. The van der Waals surface area contributed by atoms with Crippen LogP contribution in [0.5, 0.6) is 0 Å². The molecule has 0 aliphatic carbocycles. The molecule has 0 aliphatic heterocycles. The van der Waals surface area contributed by atoms with Crippen molar-refractivity contribution in [1.29, 1.82) is 0 Å². The first-order valence-corrected chi connectivity index (χ1v) is 10.7. The Labute approximate surface area is 207 Å². The molecule has 0 saturated heterocycles. The summed E-state index contributed by atoms with van der Waals surface area (Å²) >= 11 is 11.5. The Morgan fingerprint density at radius 1 is 0.943 bits per heavy atom. The minimum Gasteiger partial charge on any atom is -0.258 e. The van der Waals surface area contributed by atoms with Crippen molar-refractivity contribution in [1.82, 2.24) is 14.5 Å². The summed E-state index contributed by atoms with van der Waals surface area (Å²) in [5.74, 6) is 0.369. The molecule has 0 aliphatic rings. The van der Waals surface area contributed by atoms with E-state index in [0.29, 0.717) is 16.3 Å². The molecule has 1 heterocycles. The Bertz CT molecular complexity index is 1510. The number of hydrazone groups is 1. The molecular formula is C22H14ClN7O4S. The fourth-order valence-electron chi connectivity index (χ4n) is 3.09. The molecule has 0 saturated carbocycles. The Hall–Kier alpha value is -4.55. The van der Waals surface area contributed by atoms with Gasteiger partial charge in [0.15, 0.2) is 5.82 Å². The summed E-state index contributed by atoms with van der Waals surface area (Å²) in [6.07, 6.45) is 1.29. The number of non-ortho nitro benzene ring substituents is 1. The van der Waals surface area contributed by atoms with Gasteiger partial charge in [0, 0.05) is 28.8 Å². The highest BCUT2D eigenvalue weighted by atomic mass is 35.5. The highest BCUT2D eigenvalue weighted by Gasteiger charge is 2.14. The minimum atomic E-state index is -0.507. The summed E-state index contributed by atoms with van der Waals surface area (Å²) in [6.45, 7) is 0. The SMILES string of the molecule is O=[N+]([O-])c1ccc(-c2nc(N/N=C/c3ccccc3[N+](=O)[O-])n(-c3ccc(Cl)cc3)c(=S)n2)cc1. The van der Waals surface area contributed by atoms with Gasteiger partial charge in [-0.1, -0.05) is 23.7 Å². The van der Waals surface area contributed by atoms with Crippen LogP contribution in [0.3, 0.4) is 0 Å². The first kappa shape index (κ1) is 23.6. The summed E-state index contributed by atoms with van der Waals surface area (Å²) < 4.78 is 1.64. The second-order valence-electron chi connectivity index (χ2n) is 6.96. The molecule has 0 radical (unpaired) electrons. The van der Waals surface area contributed by atoms with Gasteiger partial charge in [0.2, 0.25) is 10.7 Å². The summed E-state index contributed by atoms with van der Waals surface area (Å²) in [5, 5.41) is 26.9. The van der Waals surface area contributed by atoms with E-state index in [1.807, 2.05) is 0 Å². The standard InChI is InChI=1S/C22H14ClN7O4S/c23-16-7-11-17(12-8-16)28-21(27-24-13-15-3-1-2-4-19(15)30(33)34)25-20(26-22(28)35)14-5-9-18(10-6-14)29(31)32/h1-13H,(H,25,26,27,35)/b24-13+. The Morgan fingerprint density at radius 2 is 1.63 bits per heavy atom. The van der Waals surface area contributed by atoms with Crippen molar-refractivity contribution in [2.45, 2.75) is 0 Å². The Balaban J connectivity index is 1.78. The lowest BCUT2D eigenvalue weighted by Crippen LogP contribution is -2.11. The molecule has 1 aromatic heterocycles. The normalized spacial score (nSPS) is 10.9. The Kier molecular flexibility index (Phi) is 6.85. The van der Waals surface area contributed by atoms with Crippen LogP contribution in [-0.2, 0) is 0 Å². The van der Waals surface area contributed by atoms with Gasteiger partial charge in [0.25, 0.3) is 11.4 Å². The maximum atomic E-state index is 11.3. The third-order valence-electron chi connectivity index (χ3n) is 4.74. The van der Waals surface area contributed by atoms with Crippen molar-refractivity contribution >= 4 is 47.4 Å². The van der Waals surface area contributed by atoms with Gasteiger partial charge in [-0.3, -0.25) is 24.8 Å². The molecule has 0 amide bonds. The molecule has 13 heteroatoms. The van der Waals surface area contributed by atoms with Gasteiger partial charge in [0.1, 0.15) is 0 Å². The fraction of sp³-hybridized carbons (Fsp3) is 0. The number of para-hydroxylation sites is 1. The van der Waals surface area contributed by atoms with Crippen LogP contribution >= 0.6 is 23.8 Å². The molecule has 0 unspecified atom stereocenters. The van der Waals surface area contributed by atoms with Crippen LogP contribution < -0.4 is 5.43 Å². The zero-order valence-electron chi connectivity index (χ0n) is 17.6. The highest BCUT2D eigenvalue weighted by Crippen LogP contribution is 2.24. The van der Waals surface area contributed by atoms with Crippen LogP contribution in [0.25, 0.3) is 17.1 Å². The molecule has 4 aromatic rings. The van der Waals surface area contributed by atoms with E-state index >= 15 is 0 Å². The number of halogens is 1. The second-order valence-corrected chi connectivity index (χ2v) is 7.76. The van der Waals surface area contributed by atoms with E-state index in [-0.39, 0.29) is 33.5 Å². The zero-order valence-corrected chi connectivity index (χ0v) is 19.2. The molecule has 174 valence electrons. The number of hydrogen-bond acceptors (Lipinski definition) is 9. The predicted octanol–water partition coefficient (Wildman–Crippen LogP) is 5.58. The lowest BCUT2D eigenvalue weighted by molar-refractivity contribution is -0.385. The largest absolute Gasteiger partial charge is 0.278 e. The average Bonchev–Trinajstić information content (AvgIpc) is 2.85. The molecule has 3 aromatic carbocycles. The first-order chi connectivity index (χ1) is 16.8. The number of nitrogens with one attached hydrogen (secondary N) is 1. The highest BCUT2D eigenvalue weighted by molar-refractivity contribution is 7.71. The average molecular weight is 508 g/mol. The lowest BCUT2D eigenvalue weighted by atomic mass is 10.2. The van der Waals surface area contributed by atoms with Crippen LogP contribution in [0.1, 0.15) is 5.56 Å². The number of aromatic nitrogens is 3. The van der Waals surface area contributed by atoms with E-state index in [0.717, 1.165) is 0 Å². The maximum absolute atomic E-state index is 11.3. The van der Waals surface area contributed by atoms with Crippen molar-refractivity contribution in [2.24, 2.45) is 5.10 Å². The van der Waals surface area contributed by atoms with E-state index < -0.39 is 9.85 Å². The van der Waals surface area contributed by atoms with E-state index in [4.69, 9.17) is 23.8 Å². The summed E-state index contributed by atoms with van der Waals surface area (Å²) in [4.78, 5) is 30.1. The molecule has 1 N–H and O–H groups in total. The molecular weight excluding hydrogens is 494 g/mol. The third kappa shape index (κ3) is 5.34. The maximum Gasteiger partial charge on any atom is 0.278 e. The van der Waals surface area contributed by atoms with Gasteiger partial charge in [0.05, 0.1) is 27.3 Å². The van der Waals surface area contributed by atoms with Crippen LogP contribution in [0, 0.1) is 25.0 Å². The van der Waals surface area contributed by atoms with Gasteiger partial charge in [-0.2, -0.15) is 15.1 Å². The predicted molar refractivity (Wildman–Crippen MR) is 134 cm³/mol. The molecule has 35 heavy (non-hydrogen) atoms. The summed E-state index contributed by atoms with van der Waals surface area (Å²) in [7, 11) is 0. The topological polar surface area (TPSA) is 141 Å². The van der Waals surface area contributed by atoms with Gasteiger partial charge in [-0.25, -0.2) is 5.43 Å². The number of nitro groups is 2.